The lowest BCUT2D eigenvalue weighted by Crippen LogP contribution is -2.29. The lowest BCUT2D eigenvalue weighted by molar-refractivity contribution is 0.259. The van der Waals surface area contributed by atoms with Crippen LogP contribution in [0.25, 0.3) is 0 Å². The van der Waals surface area contributed by atoms with Gasteiger partial charge in [0.15, 0.2) is 6.30 Å². The topological polar surface area (TPSA) is 20.3 Å². The van der Waals surface area contributed by atoms with Crippen molar-refractivity contribution in [3.05, 3.63) is 30.3 Å². The van der Waals surface area contributed by atoms with Crippen molar-refractivity contribution < 1.29 is 9.18 Å². The van der Waals surface area contributed by atoms with Gasteiger partial charge in [-0.3, -0.25) is 9.69 Å². The van der Waals surface area contributed by atoms with Crippen molar-refractivity contribution in [2.75, 3.05) is 10.7 Å². The second-order valence-corrected chi connectivity index (χ2v) is 3.69. The van der Waals surface area contributed by atoms with Gasteiger partial charge in [-0.1, -0.05) is 30.0 Å². The molecule has 1 heterocycles. The van der Waals surface area contributed by atoms with Gasteiger partial charge in [0.1, 0.15) is 0 Å². The number of alkyl halides is 1. The van der Waals surface area contributed by atoms with Crippen LogP contribution in [0.2, 0.25) is 0 Å². The molecule has 1 amide bonds. The van der Waals surface area contributed by atoms with Crippen LogP contribution in [0.4, 0.5) is 14.9 Å². The van der Waals surface area contributed by atoms with Gasteiger partial charge in [0.25, 0.3) is 5.24 Å². The predicted octanol–water partition coefficient (Wildman–Crippen LogP) is 2.66. The third-order valence-corrected chi connectivity index (χ3v) is 2.74. The van der Waals surface area contributed by atoms with Gasteiger partial charge in [-0.15, -0.1) is 0 Å². The molecule has 0 saturated carbocycles. The first-order valence-corrected chi connectivity index (χ1v) is 4.93. The number of benzene rings is 1. The number of carbonyl (C=O) groups excluding carboxylic acids is 1. The fraction of sp³-hybridized carbons (Fsp3) is 0.222. The molecule has 0 spiro atoms. The molecule has 0 aliphatic carbocycles. The Morgan fingerprint density at radius 1 is 1.38 bits per heavy atom. The van der Waals surface area contributed by atoms with Crippen LogP contribution < -0.4 is 4.90 Å². The van der Waals surface area contributed by atoms with Crippen molar-refractivity contribution in [1.29, 1.82) is 0 Å². The van der Waals surface area contributed by atoms with Crippen LogP contribution in [0.1, 0.15) is 0 Å². The number of anilines is 1. The third-order valence-electron chi connectivity index (χ3n) is 1.86. The molecule has 1 fully saturated rings. The van der Waals surface area contributed by atoms with Gasteiger partial charge in [-0.25, -0.2) is 4.39 Å². The molecular weight excluding hydrogens is 189 g/mol. The molecule has 1 atom stereocenters. The van der Waals surface area contributed by atoms with E-state index in [4.69, 9.17) is 0 Å². The lowest BCUT2D eigenvalue weighted by atomic mass is 10.3. The summed E-state index contributed by atoms with van der Waals surface area (Å²) >= 11 is 1.02. The predicted molar refractivity (Wildman–Crippen MR) is 51.7 cm³/mol. The fourth-order valence-electron chi connectivity index (χ4n) is 1.25. The molecule has 1 saturated heterocycles. The first kappa shape index (κ1) is 8.56. The largest absolute Gasteiger partial charge is 0.288 e. The van der Waals surface area contributed by atoms with E-state index in [9.17, 15) is 9.18 Å². The molecule has 0 aromatic heterocycles. The van der Waals surface area contributed by atoms with Crippen LogP contribution in [0.5, 0.6) is 0 Å². The van der Waals surface area contributed by atoms with Gasteiger partial charge < -0.3 is 0 Å². The monoisotopic (exact) mass is 197 g/mol. The zero-order valence-electron chi connectivity index (χ0n) is 6.81. The lowest BCUT2D eigenvalue weighted by Gasteiger charge is -2.17. The molecule has 2 rings (SSSR count). The van der Waals surface area contributed by atoms with Crippen molar-refractivity contribution in [2.45, 2.75) is 6.30 Å². The van der Waals surface area contributed by atoms with E-state index in [0.717, 1.165) is 11.8 Å². The minimum absolute atomic E-state index is 0.210. The van der Waals surface area contributed by atoms with Crippen molar-refractivity contribution in [3.63, 3.8) is 0 Å². The summed E-state index contributed by atoms with van der Waals surface area (Å²) in [6, 6.07) is 8.88. The Morgan fingerprint density at radius 2 is 2.08 bits per heavy atom. The number of amides is 1. The fourth-order valence-corrected chi connectivity index (χ4v) is 2.04. The van der Waals surface area contributed by atoms with Crippen LogP contribution in [0.3, 0.4) is 0 Å². The van der Waals surface area contributed by atoms with Gasteiger partial charge in [-0.2, -0.15) is 0 Å². The number of halogens is 1. The maximum Gasteiger partial charge on any atom is 0.288 e. The smallest absolute Gasteiger partial charge is 0.271 e. The van der Waals surface area contributed by atoms with Crippen LogP contribution >= 0.6 is 11.8 Å². The summed E-state index contributed by atoms with van der Waals surface area (Å²) in [5, 5.41) is -0.210. The maximum absolute atomic E-state index is 13.2. The number of thioether (sulfide) groups is 1. The molecule has 4 heteroatoms. The van der Waals surface area contributed by atoms with Crippen LogP contribution in [-0.2, 0) is 0 Å². The Kier molecular flexibility index (Phi) is 2.22. The minimum atomic E-state index is -1.18. The van der Waals surface area contributed by atoms with E-state index in [-0.39, 0.29) is 11.0 Å². The zero-order chi connectivity index (χ0) is 9.26. The molecule has 1 unspecified atom stereocenters. The summed E-state index contributed by atoms with van der Waals surface area (Å²) in [6.07, 6.45) is -1.18. The highest BCUT2D eigenvalue weighted by Crippen LogP contribution is 2.30. The van der Waals surface area contributed by atoms with Gasteiger partial charge in [0.05, 0.1) is 5.75 Å². The maximum atomic E-state index is 13.2. The van der Waals surface area contributed by atoms with Gasteiger partial charge in [0.2, 0.25) is 0 Å². The molecule has 1 aliphatic heterocycles. The number of nitrogens with zero attached hydrogens (tertiary/aromatic N) is 1. The summed E-state index contributed by atoms with van der Waals surface area (Å²) in [6.45, 7) is 0. The Balaban J connectivity index is 2.30. The first-order chi connectivity index (χ1) is 6.29. The van der Waals surface area contributed by atoms with E-state index in [1.807, 2.05) is 6.07 Å². The van der Waals surface area contributed by atoms with Crippen molar-refractivity contribution in [3.8, 4) is 0 Å². The quantitative estimate of drug-likeness (QED) is 0.645. The molecule has 1 aliphatic rings. The molecule has 0 bridgehead atoms. The van der Waals surface area contributed by atoms with Crippen LogP contribution in [0, 0.1) is 0 Å². The average molecular weight is 197 g/mol. The van der Waals surface area contributed by atoms with E-state index in [2.05, 4.69) is 0 Å². The number of hydrogen-bond acceptors (Lipinski definition) is 2. The Hall–Kier alpha value is -1.03. The summed E-state index contributed by atoms with van der Waals surface area (Å²) in [5.41, 5.74) is 0.630. The van der Waals surface area contributed by atoms with Crippen molar-refractivity contribution in [1.82, 2.24) is 0 Å². The first-order valence-electron chi connectivity index (χ1n) is 3.94. The highest BCUT2D eigenvalue weighted by atomic mass is 32.2. The highest BCUT2D eigenvalue weighted by Gasteiger charge is 2.32. The average Bonchev–Trinajstić information content (AvgIpc) is 2.48. The van der Waals surface area contributed by atoms with Crippen LogP contribution in [0.15, 0.2) is 30.3 Å². The molecule has 0 N–H and O–H groups in total. The number of hydrogen-bond donors (Lipinski definition) is 0. The Morgan fingerprint density at radius 3 is 2.62 bits per heavy atom. The molecular formula is C9H8FNOS. The van der Waals surface area contributed by atoms with Gasteiger partial charge >= 0.3 is 0 Å². The van der Waals surface area contributed by atoms with Gasteiger partial charge in [0, 0.05) is 5.69 Å². The standard InChI is InChI=1S/C9H8FNOS/c10-8-6-13-9(12)11(8)7-4-2-1-3-5-7/h1-5,8H,6H2. The van der Waals surface area contributed by atoms with E-state index >= 15 is 0 Å². The van der Waals surface area contributed by atoms with Crippen molar-refractivity contribution in [2.24, 2.45) is 0 Å². The summed E-state index contributed by atoms with van der Waals surface area (Å²) in [7, 11) is 0. The summed E-state index contributed by atoms with van der Waals surface area (Å²) < 4.78 is 13.2. The second kappa shape index (κ2) is 3.38. The molecule has 13 heavy (non-hydrogen) atoms. The molecule has 2 nitrogen and oxygen atoms in total. The van der Waals surface area contributed by atoms with Crippen molar-refractivity contribution >= 4 is 22.7 Å². The molecule has 68 valence electrons. The molecule has 0 radical (unpaired) electrons. The Labute approximate surface area is 79.7 Å². The normalized spacial score (nSPS) is 22.4. The van der Waals surface area contributed by atoms with Crippen LogP contribution in [-0.4, -0.2) is 17.3 Å². The van der Waals surface area contributed by atoms with Gasteiger partial charge in [-0.05, 0) is 12.1 Å². The summed E-state index contributed by atoms with van der Waals surface area (Å²) in [4.78, 5) is 12.4. The second-order valence-electron chi connectivity index (χ2n) is 2.72. The number of rotatable bonds is 1. The molecule has 1 aromatic carbocycles. The van der Waals surface area contributed by atoms with E-state index in [1.165, 1.54) is 4.90 Å². The summed E-state index contributed by atoms with van der Waals surface area (Å²) in [5.74, 6) is 0.230. The molecule has 1 aromatic rings. The number of para-hydroxylation sites is 1. The zero-order valence-corrected chi connectivity index (χ0v) is 7.63. The highest BCUT2D eigenvalue weighted by molar-refractivity contribution is 8.14. The van der Waals surface area contributed by atoms with E-state index < -0.39 is 6.30 Å². The SMILES string of the molecule is O=C1SCC(F)N1c1ccccc1. The minimum Gasteiger partial charge on any atom is -0.271 e. The van der Waals surface area contributed by atoms with E-state index in [1.54, 1.807) is 24.3 Å². The number of carbonyl (C=O) groups is 1. The Bertz CT molecular complexity index is 317. The van der Waals surface area contributed by atoms with E-state index in [0.29, 0.717) is 5.69 Å². The third kappa shape index (κ3) is 1.54.